The van der Waals surface area contributed by atoms with Crippen LogP contribution < -0.4 is 18.9 Å². The van der Waals surface area contributed by atoms with Crippen molar-refractivity contribution in [2.75, 3.05) is 28.4 Å². The summed E-state index contributed by atoms with van der Waals surface area (Å²) in [4.78, 5) is 16.7. The molecule has 50 heavy (non-hydrogen) atoms. The first-order valence-corrected chi connectivity index (χ1v) is 16.4. The first kappa shape index (κ1) is 32.8. The average molecular weight is 704 g/mol. The molecule has 0 aliphatic rings. The molecular formula is C40H32Cl2N4O4. The van der Waals surface area contributed by atoms with Gasteiger partial charge < -0.3 is 28.9 Å². The molecule has 0 aliphatic heterocycles. The van der Waals surface area contributed by atoms with Crippen LogP contribution >= 0.6 is 23.2 Å². The summed E-state index contributed by atoms with van der Waals surface area (Å²) < 4.78 is 23.2. The van der Waals surface area contributed by atoms with E-state index < -0.39 is 0 Å². The number of fused-ring (bicyclic) bond motifs is 2. The standard InChI is InChI=1S/C40H32Cl2N4O4/c1-47-33-17-35(49-3)37-27(23-9-13-25(41)14-10-23)19-45-39(37)29(33)21-43-31-7-5-6-8-32(31)44-22-30-34(48-2)18-36(50-4)38-28(20-46-40(30)38)24-11-15-26(42)16-12-24/h5-22,45-46H,1-4H3. The summed E-state index contributed by atoms with van der Waals surface area (Å²) in [5, 5.41) is 3.15. The Bertz CT molecular complexity index is 2230. The zero-order valence-electron chi connectivity index (χ0n) is 27.7. The summed E-state index contributed by atoms with van der Waals surface area (Å²) in [5.74, 6) is 2.57. The van der Waals surface area contributed by atoms with E-state index in [0.29, 0.717) is 44.4 Å². The lowest BCUT2D eigenvalue weighted by atomic mass is 10.0. The van der Waals surface area contributed by atoms with Crippen LogP contribution in [-0.4, -0.2) is 50.8 Å². The summed E-state index contributed by atoms with van der Waals surface area (Å²) >= 11 is 12.3. The van der Waals surface area contributed by atoms with Crippen LogP contribution in [0.2, 0.25) is 10.0 Å². The van der Waals surface area contributed by atoms with E-state index in [4.69, 9.17) is 52.1 Å². The van der Waals surface area contributed by atoms with Gasteiger partial charge in [-0.15, -0.1) is 0 Å². The molecule has 0 radical (unpaired) electrons. The molecule has 5 aromatic carbocycles. The Hall–Kier alpha value is -5.70. The number of H-pyrrole nitrogens is 2. The van der Waals surface area contributed by atoms with Gasteiger partial charge >= 0.3 is 0 Å². The molecule has 8 nitrogen and oxygen atoms in total. The van der Waals surface area contributed by atoms with Gasteiger partial charge in [0.05, 0.1) is 72.7 Å². The molecule has 10 heteroatoms. The lowest BCUT2D eigenvalue weighted by Crippen LogP contribution is -1.96. The Kier molecular flexibility index (Phi) is 9.21. The highest BCUT2D eigenvalue weighted by molar-refractivity contribution is 6.31. The summed E-state index contributed by atoms with van der Waals surface area (Å²) in [7, 11) is 6.54. The van der Waals surface area contributed by atoms with Gasteiger partial charge in [0.25, 0.3) is 0 Å². The molecule has 2 N–H and O–H groups in total. The van der Waals surface area contributed by atoms with E-state index in [1.807, 2.05) is 97.3 Å². The predicted molar refractivity (Wildman–Crippen MR) is 205 cm³/mol. The van der Waals surface area contributed by atoms with E-state index in [1.54, 1.807) is 40.9 Å². The molecule has 0 saturated heterocycles. The van der Waals surface area contributed by atoms with Crippen molar-refractivity contribution in [2.24, 2.45) is 9.98 Å². The van der Waals surface area contributed by atoms with Gasteiger partial charge in [0, 0.05) is 58.1 Å². The zero-order valence-corrected chi connectivity index (χ0v) is 29.2. The van der Waals surface area contributed by atoms with Crippen LogP contribution in [0.4, 0.5) is 11.4 Å². The van der Waals surface area contributed by atoms with E-state index in [0.717, 1.165) is 55.2 Å². The molecule has 0 amide bonds. The van der Waals surface area contributed by atoms with Crippen molar-refractivity contribution in [3.63, 3.8) is 0 Å². The molecule has 7 aromatic rings. The molecule has 0 spiro atoms. The van der Waals surface area contributed by atoms with Gasteiger partial charge in [0.15, 0.2) is 0 Å². The second-order valence-electron chi connectivity index (χ2n) is 11.3. The number of aromatic amines is 2. The van der Waals surface area contributed by atoms with Gasteiger partial charge in [-0.2, -0.15) is 0 Å². The molecule has 2 heterocycles. The van der Waals surface area contributed by atoms with Gasteiger partial charge in [-0.25, -0.2) is 0 Å². The smallest absolute Gasteiger partial charge is 0.133 e. The van der Waals surface area contributed by atoms with Crippen molar-refractivity contribution in [1.29, 1.82) is 0 Å². The minimum atomic E-state index is 0.609. The molecule has 0 bridgehead atoms. The number of nitrogens with one attached hydrogen (secondary N) is 2. The number of halogens is 2. The third kappa shape index (κ3) is 6.04. The van der Waals surface area contributed by atoms with Gasteiger partial charge in [-0.05, 0) is 47.5 Å². The second kappa shape index (κ2) is 14.0. The number of hydrogen-bond donors (Lipinski definition) is 2. The van der Waals surface area contributed by atoms with Gasteiger partial charge in [0.1, 0.15) is 23.0 Å². The number of aliphatic imine (C=N–C) groups is 2. The third-order valence-corrected chi connectivity index (χ3v) is 9.09. The van der Waals surface area contributed by atoms with E-state index in [2.05, 4.69) is 9.97 Å². The zero-order chi connectivity index (χ0) is 34.8. The summed E-state index contributed by atoms with van der Waals surface area (Å²) in [6.45, 7) is 0. The van der Waals surface area contributed by atoms with E-state index in [9.17, 15) is 0 Å². The summed E-state index contributed by atoms with van der Waals surface area (Å²) in [5.41, 5.74) is 8.44. The van der Waals surface area contributed by atoms with E-state index in [1.165, 1.54) is 0 Å². The first-order chi connectivity index (χ1) is 24.4. The normalized spacial score (nSPS) is 11.6. The molecule has 250 valence electrons. The number of ether oxygens (including phenoxy) is 4. The average Bonchev–Trinajstić information content (AvgIpc) is 3.79. The molecule has 0 unspecified atom stereocenters. The highest BCUT2D eigenvalue weighted by Gasteiger charge is 2.20. The molecular weight excluding hydrogens is 671 g/mol. The lowest BCUT2D eigenvalue weighted by Gasteiger charge is -2.12. The number of rotatable bonds is 10. The van der Waals surface area contributed by atoms with Gasteiger partial charge in [-0.1, -0.05) is 59.6 Å². The first-order valence-electron chi connectivity index (χ1n) is 15.6. The minimum absolute atomic E-state index is 0.609. The maximum absolute atomic E-state index is 6.17. The van der Waals surface area contributed by atoms with Crippen molar-refractivity contribution in [3.05, 3.63) is 118 Å². The maximum atomic E-state index is 6.17. The van der Waals surface area contributed by atoms with Crippen molar-refractivity contribution >= 4 is 68.8 Å². The van der Waals surface area contributed by atoms with E-state index in [-0.39, 0.29) is 0 Å². The molecule has 2 aromatic heterocycles. The van der Waals surface area contributed by atoms with Crippen molar-refractivity contribution in [1.82, 2.24) is 9.97 Å². The maximum Gasteiger partial charge on any atom is 0.133 e. The summed E-state index contributed by atoms with van der Waals surface area (Å²) in [6, 6.07) is 26.8. The van der Waals surface area contributed by atoms with Crippen LogP contribution in [-0.2, 0) is 0 Å². The van der Waals surface area contributed by atoms with Crippen LogP contribution in [0.25, 0.3) is 44.1 Å². The van der Waals surface area contributed by atoms with Crippen LogP contribution in [0.3, 0.4) is 0 Å². The predicted octanol–water partition coefficient (Wildman–Crippen LogP) is 10.8. The Balaban J connectivity index is 1.30. The molecule has 7 rings (SSSR count). The highest BCUT2D eigenvalue weighted by Crippen LogP contribution is 2.43. The number of benzene rings is 5. The summed E-state index contributed by atoms with van der Waals surface area (Å²) in [6.07, 6.45) is 7.47. The lowest BCUT2D eigenvalue weighted by molar-refractivity contribution is 0.397. The minimum Gasteiger partial charge on any atom is -0.496 e. The number of hydrogen-bond acceptors (Lipinski definition) is 6. The third-order valence-electron chi connectivity index (χ3n) is 8.58. The number of aromatic nitrogens is 2. The fourth-order valence-electron chi connectivity index (χ4n) is 6.15. The Morgan fingerprint density at radius 1 is 0.520 bits per heavy atom. The molecule has 0 aliphatic carbocycles. The van der Waals surface area contributed by atoms with Crippen molar-refractivity contribution in [3.8, 4) is 45.3 Å². The molecule has 0 fully saturated rings. The van der Waals surface area contributed by atoms with Crippen LogP contribution in [0.15, 0.2) is 107 Å². The number of nitrogens with zero attached hydrogens (tertiary/aromatic N) is 2. The van der Waals surface area contributed by atoms with Crippen LogP contribution in [0.5, 0.6) is 23.0 Å². The largest absolute Gasteiger partial charge is 0.496 e. The SMILES string of the molecule is COc1cc(OC)c2c(-c3ccc(Cl)cc3)c[nH]c2c1C=Nc1ccccc1N=Cc1c(OC)cc(OC)c2c(-c3ccc(Cl)cc3)c[nH]c12. The number of para-hydroxylation sites is 2. The highest BCUT2D eigenvalue weighted by atomic mass is 35.5. The molecule has 0 atom stereocenters. The van der Waals surface area contributed by atoms with Crippen molar-refractivity contribution < 1.29 is 18.9 Å². The molecule has 0 saturated carbocycles. The van der Waals surface area contributed by atoms with Crippen LogP contribution in [0, 0.1) is 0 Å². The fourth-order valence-corrected chi connectivity index (χ4v) is 6.40. The van der Waals surface area contributed by atoms with Crippen molar-refractivity contribution in [2.45, 2.75) is 0 Å². The van der Waals surface area contributed by atoms with Gasteiger partial charge in [-0.3, -0.25) is 9.98 Å². The second-order valence-corrected chi connectivity index (χ2v) is 12.2. The fraction of sp³-hybridized carbons (Fsp3) is 0.100. The Morgan fingerprint density at radius 3 is 1.26 bits per heavy atom. The Morgan fingerprint density at radius 2 is 0.900 bits per heavy atom. The number of methoxy groups -OCH3 is 4. The van der Waals surface area contributed by atoms with E-state index >= 15 is 0 Å². The topological polar surface area (TPSA) is 93.2 Å². The van der Waals surface area contributed by atoms with Crippen LogP contribution in [0.1, 0.15) is 11.1 Å². The Labute approximate surface area is 298 Å². The monoisotopic (exact) mass is 702 g/mol. The quantitative estimate of drug-likeness (QED) is 0.139. The van der Waals surface area contributed by atoms with Gasteiger partial charge in [0.2, 0.25) is 0 Å².